The number of nitrogens with one attached hydrogen (secondary N) is 1. The van der Waals surface area contributed by atoms with Crippen LogP contribution in [0.2, 0.25) is 0 Å². The fourth-order valence-electron chi connectivity index (χ4n) is 2.06. The largest absolute Gasteiger partial charge is 0.468 e. The highest BCUT2D eigenvalue weighted by Gasteiger charge is 2.18. The molecule has 1 aromatic rings. The van der Waals surface area contributed by atoms with Crippen molar-refractivity contribution < 1.29 is 9.53 Å². The quantitative estimate of drug-likeness (QED) is 0.550. The summed E-state index contributed by atoms with van der Waals surface area (Å²) < 4.78 is 4.86. The maximum atomic E-state index is 11.8. The number of hydrogen-bond donors (Lipinski definition) is 1. The Morgan fingerprint density at radius 2 is 1.95 bits per heavy atom. The van der Waals surface area contributed by atoms with Crippen LogP contribution < -0.4 is 5.32 Å². The number of carbonyl (C=O) groups is 1. The van der Waals surface area contributed by atoms with Crippen LogP contribution in [-0.4, -0.2) is 25.7 Å². The maximum Gasteiger partial charge on any atom is 0.323 e. The molecule has 19 heavy (non-hydrogen) atoms. The van der Waals surface area contributed by atoms with Crippen LogP contribution in [0.1, 0.15) is 38.2 Å². The summed E-state index contributed by atoms with van der Waals surface area (Å²) in [6.45, 7) is 3.06. The zero-order valence-corrected chi connectivity index (χ0v) is 12.0. The van der Waals surface area contributed by atoms with Crippen molar-refractivity contribution >= 4 is 5.97 Å². The molecular weight excluding hydrogens is 238 g/mol. The highest BCUT2D eigenvalue weighted by Crippen LogP contribution is 2.05. The summed E-state index contributed by atoms with van der Waals surface area (Å²) in [6.07, 6.45) is 5.48. The predicted octanol–water partition coefficient (Wildman–Crippen LogP) is 2.94. The second-order valence-corrected chi connectivity index (χ2v) is 4.78. The molecule has 1 N–H and O–H groups in total. The van der Waals surface area contributed by atoms with Crippen molar-refractivity contribution in [1.82, 2.24) is 5.32 Å². The van der Waals surface area contributed by atoms with Crippen LogP contribution >= 0.6 is 0 Å². The predicted molar refractivity (Wildman–Crippen MR) is 78.1 cm³/mol. The Morgan fingerprint density at radius 3 is 2.58 bits per heavy atom. The first-order valence-corrected chi connectivity index (χ1v) is 7.13. The van der Waals surface area contributed by atoms with Gasteiger partial charge in [-0.2, -0.15) is 0 Å². The average Bonchev–Trinajstić information content (AvgIpc) is 2.46. The third kappa shape index (κ3) is 6.39. The van der Waals surface area contributed by atoms with Gasteiger partial charge in [0.2, 0.25) is 0 Å². The van der Waals surface area contributed by atoms with E-state index in [2.05, 4.69) is 12.2 Å². The molecule has 0 aliphatic heterocycles. The molecule has 3 nitrogen and oxygen atoms in total. The van der Waals surface area contributed by atoms with Gasteiger partial charge in [0.15, 0.2) is 0 Å². The standard InChI is InChI=1S/C16H25NO2/c1-3-4-5-9-12-17-15(16(18)19-2)13-14-10-7-6-8-11-14/h6-8,10-11,15,17H,3-5,9,12-13H2,1-2H3/t15-/m0/s1. The van der Waals surface area contributed by atoms with Crippen LogP contribution in [0.15, 0.2) is 30.3 Å². The van der Waals surface area contributed by atoms with Crippen molar-refractivity contribution in [3.05, 3.63) is 35.9 Å². The van der Waals surface area contributed by atoms with Crippen molar-refractivity contribution in [2.45, 2.75) is 45.1 Å². The van der Waals surface area contributed by atoms with E-state index in [4.69, 9.17) is 4.74 Å². The SMILES string of the molecule is CCCCCCN[C@@H](Cc1ccccc1)C(=O)OC. The fraction of sp³-hybridized carbons (Fsp3) is 0.562. The molecule has 1 atom stereocenters. The van der Waals surface area contributed by atoms with E-state index in [-0.39, 0.29) is 12.0 Å². The van der Waals surface area contributed by atoms with Gasteiger partial charge in [-0.15, -0.1) is 0 Å². The number of ether oxygens (including phenoxy) is 1. The zero-order valence-electron chi connectivity index (χ0n) is 12.0. The van der Waals surface area contributed by atoms with Gasteiger partial charge in [-0.1, -0.05) is 56.5 Å². The third-order valence-electron chi connectivity index (χ3n) is 3.19. The average molecular weight is 263 g/mol. The van der Waals surface area contributed by atoms with Crippen LogP contribution in [0, 0.1) is 0 Å². The van der Waals surface area contributed by atoms with Gasteiger partial charge in [-0.3, -0.25) is 4.79 Å². The van der Waals surface area contributed by atoms with E-state index in [9.17, 15) is 4.79 Å². The fourth-order valence-corrected chi connectivity index (χ4v) is 2.06. The number of rotatable bonds is 9. The van der Waals surface area contributed by atoms with Crippen LogP contribution in [-0.2, 0) is 16.0 Å². The number of methoxy groups -OCH3 is 1. The topological polar surface area (TPSA) is 38.3 Å². The van der Waals surface area contributed by atoms with E-state index in [0.29, 0.717) is 6.42 Å². The van der Waals surface area contributed by atoms with Gasteiger partial charge in [0.25, 0.3) is 0 Å². The van der Waals surface area contributed by atoms with E-state index in [1.54, 1.807) is 0 Å². The lowest BCUT2D eigenvalue weighted by Crippen LogP contribution is -2.39. The summed E-state index contributed by atoms with van der Waals surface area (Å²) in [6, 6.07) is 9.79. The van der Waals surface area contributed by atoms with Gasteiger partial charge in [-0.25, -0.2) is 0 Å². The first-order valence-electron chi connectivity index (χ1n) is 7.13. The number of carbonyl (C=O) groups excluding carboxylic acids is 1. The van der Waals surface area contributed by atoms with Crippen molar-refractivity contribution in [2.75, 3.05) is 13.7 Å². The lowest BCUT2D eigenvalue weighted by atomic mass is 10.1. The molecule has 0 aromatic heterocycles. The minimum Gasteiger partial charge on any atom is -0.468 e. The van der Waals surface area contributed by atoms with E-state index in [0.717, 1.165) is 18.5 Å². The summed E-state index contributed by atoms with van der Waals surface area (Å²) in [5.41, 5.74) is 1.15. The maximum absolute atomic E-state index is 11.8. The molecule has 106 valence electrons. The van der Waals surface area contributed by atoms with E-state index < -0.39 is 0 Å². The summed E-state index contributed by atoms with van der Waals surface area (Å²) in [7, 11) is 1.44. The van der Waals surface area contributed by atoms with Gasteiger partial charge in [0.05, 0.1) is 7.11 Å². The molecule has 0 radical (unpaired) electrons. The highest BCUT2D eigenvalue weighted by molar-refractivity contribution is 5.76. The molecule has 0 bridgehead atoms. The molecule has 0 aliphatic rings. The molecule has 0 fully saturated rings. The summed E-state index contributed by atoms with van der Waals surface area (Å²) in [5.74, 6) is -0.181. The Kier molecular flexibility index (Phi) is 7.91. The van der Waals surface area contributed by atoms with Crippen molar-refractivity contribution in [3.63, 3.8) is 0 Å². The molecule has 0 unspecified atom stereocenters. The van der Waals surface area contributed by atoms with Crippen molar-refractivity contribution in [2.24, 2.45) is 0 Å². The molecule has 0 saturated carbocycles. The lowest BCUT2D eigenvalue weighted by Gasteiger charge is -2.16. The normalized spacial score (nSPS) is 12.1. The Hall–Kier alpha value is -1.35. The van der Waals surface area contributed by atoms with Crippen LogP contribution in [0.3, 0.4) is 0 Å². The first-order chi connectivity index (χ1) is 9.27. The van der Waals surface area contributed by atoms with E-state index in [1.165, 1.54) is 26.4 Å². The molecule has 0 spiro atoms. The second-order valence-electron chi connectivity index (χ2n) is 4.78. The van der Waals surface area contributed by atoms with E-state index in [1.807, 2.05) is 30.3 Å². The number of esters is 1. The van der Waals surface area contributed by atoms with Crippen LogP contribution in [0.25, 0.3) is 0 Å². The number of unbranched alkanes of at least 4 members (excludes halogenated alkanes) is 3. The Labute approximate surface area is 116 Å². The van der Waals surface area contributed by atoms with Crippen molar-refractivity contribution in [3.8, 4) is 0 Å². The lowest BCUT2D eigenvalue weighted by molar-refractivity contribution is -0.143. The Morgan fingerprint density at radius 1 is 1.21 bits per heavy atom. The van der Waals surface area contributed by atoms with Gasteiger partial charge >= 0.3 is 5.97 Å². The second kappa shape index (κ2) is 9.56. The van der Waals surface area contributed by atoms with Gasteiger partial charge in [0.1, 0.15) is 6.04 Å². The zero-order chi connectivity index (χ0) is 13.9. The smallest absolute Gasteiger partial charge is 0.323 e. The molecule has 0 aliphatic carbocycles. The minimum absolute atomic E-state index is 0.181. The summed E-state index contributed by atoms with van der Waals surface area (Å²) in [5, 5.41) is 3.30. The summed E-state index contributed by atoms with van der Waals surface area (Å²) >= 11 is 0. The molecule has 3 heteroatoms. The minimum atomic E-state index is -0.242. The Bertz CT molecular complexity index is 351. The number of hydrogen-bond acceptors (Lipinski definition) is 3. The van der Waals surface area contributed by atoms with Crippen LogP contribution in [0.4, 0.5) is 0 Å². The molecule has 0 heterocycles. The highest BCUT2D eigenvalue weighted by atomic mass is 16.5. The number of benzene rings is 1. The van der Waals surface area contributed by atoms with E-state index >= 15 is 0 Å². The van der Waals surface area contributed by atoms with Crippen molar-refractivity contribution in [1.29, 1.82) is 0 Å². The van der Waals surface area contributed by atoms with Gasteiger partial charge in [-0.05, 0) is 24.9 Å². The third-order valence-corrected chi connectivity index (χ3v) is 3.19. The molecule has 0 saturated heterocycles. The van der Waals surface area contributed by atoms with Gasteiger partial charge in [0, 0.05) is 0 Å². The monoisotopic (exact) mass is 263 g/mol. The van der Waals surface area contributed by atoms with Crippen LogP contribution in [0.5, 0.6) is 0 Å². The molecule has 0 amide bonds. The molecule has 1 rings (SSSR count). The Balaban J connectivity index is 2.41. The first kappa shape index (κ1) is 15.7. The molecule has 1 aromatic carbocycles. The molecular formula is C16H25NO2. The van der Waals surface area contributed by atoms with Gasteiger partial charge < -0.3 is 10.1 Å². The summed E-state index contributed by atoms with van der Waals surface area (Å²) in [4.78, 5) is 11.8.